The van der Waals surface area contributed by atoms with Gasteiger partial charge in [0.25, 0.3) is 6.43 Å². The van der Waals surface area contributed by atoms with E-state index in [1.165, 1.54) is 12.1 Å². The van der Waals surface area contributed by atoms with E-state index in [-0.39, 0.29) is 5.56 Å². The van der Waals surface area contributed by atoms with Gasteiger partial charge in [-0.2, -0.15) is 0 Å². The molecule has 96 valence electrons. The first-order valence-electron chi connectivity index (χ1n) is 5.56. The van der Waals surface area contributed by atoms with Crippen molar-refractivity contribution < 1.29 is 8.78 Å². The molecule has 2 aromatic rings. The number of aryl methyl sites for hydroxylation is 1. The number of nitrogens with zero attached hydrogens (tertiary/aromatic N) is 3. The molecular formula is C12H12ClF2N3. The summed E-state index contributed by atoms with van der Waals surface area (Å²) in [6.45, 7) is 0. The van der Waals surface area contributed by atoms with Gasteiger partial charge in [-0.15, -0.1) is 16.7 Å². The zero-order valence-electron chi connectivity index (χ0n) is 9.56. The van der Waals surface area contributed by atoms with Gasteiger partial charge in [-0.3, -0.25) is 0 Å². The predicted octanol–water partition coefficient (Wildman–Crippen LogP) is 3.38. The molecule has 1 heterocycles. The molecule has 0 saturated heterocycles. The average Bonchev–Trinajstić information content (AvgIpc) is 2.84. The van der Waals surface area contributed by atoms with Gasteiger partial charge in [-0.25, -0.2) is 13.5 Å². The molecule has 0 unspecified atom stereocenters. The molecule has 1 aromatic heterocycles. The standard InChI is InChI=1S/C12H12ClF2N3/c13-6-2-5-11-8-16-17-18(11)10-4-1-3-9(7-10)12(14)15/h1,3-4,7-8,12H,2,5-6H2. The minimum Gasteiger partial charge on any atom is -0.218 e. The van der Waals surface area contributed by atoms with Crippen molar-refractivity contribution in [1.29, 1.82) is 0 Å². The van der Waals surface area contributed by atoms with Gasteiger partial charge in [0.15, 0.2) is 0 Å². The summed E-state index contributed by atoms with van der Waals surface area (Å²) in [5.74, 6) is 0.544. The van der Waals surface area contributed by atoms with Crippen LogP contribution in [-0.2, 0) is 6.42 Å². The van der Waals surface area contributed by atoms with Gasteiger partial charge in [0.1, 0.15) is 0 Å². The Kier molecular flexibility index (Phi) is 4.25. The zero-order valence-corrected chi connectivity index (χ0v) is 10.3. The van der Waals surface area contributed by atoms with Crippen LogP contribution in [0.4, 0.5) is 8.78 Å². The minimum atomic E-state index is -2.49. The summed E-state index contributed by atoms with van der Waals surface area (Å²) in [6.07, 6.45) is 0.653. The van der Waals surface area contributed by atoms with Crippen LogP contribution >= 0.6 is 11.6 Å². The van der Waals surface area contributed by atoms with Crippen LogP contribution in [-0.4, -0.2) is 20.9 Å². The molecule has 0 aliphatic carbocycles. The van der Waals surface area contributed by atoms with Crippen LogP contribution < -0.4 is 0 Å². The molecule has 6 heteroatoms. The Morgan fingerprint density at radius 3 is 2.89 bits per heavy atom. The lowest BCUT2D eigenvalue weighted by atomic mass is 10.2. The Morgan fingerprint density at radius 1 is 1.33 bits per heavy atom. The molecule has 0 atom stereocenters. The second kappa shape index (κ2) is 5.91. The van der Waals surface area contributed by atoms with Gasteiger partial charge in [0.05, 0.1) is 17.6 Å². The van der Waals surface area contributed by atoms with Gasteiger partial charge in [-0.05, 0) is 25.0 Å². The lowest BCUT2D eigenvalue weighted by molar-refractivity contribution is 0.151. The third-order valence-electron chi connectivity index (χ3n) is 2.55. The largest absolute Gasteiger partial charge is 0.263 e. The van der Waals surface area contributed by atoms with Crippen LogP contribution in [0.1, 0.15) is 24.1 Å². The van der Waals surface area contributed by atoms with Crippen LogP contribution in [0, 0.1) is 0 Å². The van der Waals surface area contributed by atoms with E-state index in [0.717, 1.165) is 18.5 Å². The monoisotopic (exact) mass is 271 g/mol. The third kappa shape index (κ3) is 2.85. The number of benzene rings is 1. The smallest absolute Gasteiger partial charge is 0.218 e. The van der Waals surface area contributed by atoms with E-state index in [4.69, 9.17) is 11.6 Å². The zero-order chi connectivity index (χ0) is 13.0. The summed E-state index contributed by atoms with van der Waals surface area (Å²) >= 11 is 5.63. The van der Waals surface area contributed by atoms with Crippen molar-refractivity contribution in [3.8, 4) is 5.69 Å². The molecule has 18 heavy (non-hydrogen) atoms. The Hall–Kier alpha value is -1.49. The number of halogens is 3. The van der Waals surface area contributed by atoms with Gasteiger partial charge in [-0.1, -0.05) is 17.3 Å². The molecule has 0 amide bonds. The molecule has 0 aliphatic rings. The number of hydrogen-bond donors (Lipinski definition) is 0. The van der Waals surface area contributed by atoms with Crippen LogP contribution in [0.15, 0.2) is 30.5 Å². The van der Waals surface area contributed by atoms with Crippen LogP contribution in [0.25, 0.3) is 5.69 Å². The highest BCUT2D eigenvalue weighted by Gasteiger charge is 2.10. The molecule has 0 spiro atoms. The number of alkyl halides is 3. The topological polar surface area (TPSA) is 30.7 Å². The Morgan fingerprint density at radius 2 is 2.17 bits per heavy atom. The summed E-state index contributed by atoms with van der Waals surface area (Å²) < 4.78 is 26.8. The lowest BCUT2D eigenvalue weighted by Crippen LogP contribution is -2.03. The van der Waals surface area contributed by atoms with Crippen molar-refractivity contribution in [3.63, 3.8) is 0 Å². The Balaban J connectivity index is 2.30. The molecule has 0 fully saturated rings. The Bertz CT molecular complexity index is 514. The summed E-state index contributed by atoms with van der Waals surface area (Å²) in [4.78, 5) is 0. The minimum absolute atomic E-state index is 0.0220. The van der Waals surface area contributed by atoms with E-state index in [2.05, 4.69) is 10.3 Å². The fraction of sp³-hybridized carbons (Fsp3) is 0.333. The van der Waals surface area contributed by atoms with E-state index in [9.17, 15) is 8.78 Å². The van der Waals surface area contributed by atoms with Crippen LogP contribution in [0.5, 0.6) is 0 Å². The first-order chi connectivity index (χ1) is 8.72. The van der Waals surface area contributed by atoms with E-state index in [1.807, 2.05) is 0 Å². The lowest BCUT2D eigenvalue weighted by Gasteiger charge is -2.07. The van der Waals surface area contributed by atoms with Crippen molar-refractivity contribution >= 4 is 11.6 Å². The molecule has 0 bridgehead atoms. The van der Waals surface area contributed by atoms with Crippen molar-refractivity contribution in [2.45, 2.75) is 19.3 Å². The molecule has 3 nitrogen and oxygen atoms in total. The fourth-order valence-electron chi connectivity index (χ4n) is 1.68. The number of aromatic nitrogens is 3. The first-order valence-corrected chi connectivity index (χ1v) is 6.10. The second-order valence-electron chi connectivity index (χ2n) is 3.83. The fourth-order valence-corrected chi connectivity index (χ4v) is 1.82. The highest BCUT2D eigenvalue weighted by Crippen LogP contribution is 2.21. The average molecular weight is 272 g/mol. The molecule has 2 rings (SSSR count). The molecule has 0 aliphatic heterocycles. The quantitative estimate of drug-likeness (QED) is 0.781. The highest BCUT2D eigenvalue weighted by atomic mass is 35.5. The first kappa shape index (κ1) is 13.0. The Labute approximate surface area is 108 Å². The molecule has 1 aromatic carbocycles. The maximum absolute atomic E-state index is 12.6. The molecular weight excluding hydrogens is 260 g/mol. The van der Waals surface area contributed by atoms with E-state index in [0.29, 0.717) is 11.6 Å². The van der Waals surface area contributed by atoms with Crippen LogP contribution in [0.2, 0.25) is 0 Å². The van der Waals surface area contributed by atoms with E-state index in [1.54, 1.807) is 23.0 Å². The van der Waals surface area contributed by atoms with Gasteiger partial charge in [0.2, 0.25) is 0 Å². The molecule has 0 N–H and O–H groups in total. The summed E-state index contributed by atoms with van der Waals surface area (Å²) in [7, 11) is 0. The van der Waals surface area contributed by atoms with Gasteiger partial charge < -0.3 is 0 Å². The second-order valence-corrected chi connectivity index (χ2v) is 4.20. The summed E-state index contributed by atoms with van der Waals surface area (Å²) in [5, 5.41) is 7.73. The van der Waals surface area contributed by atoms with Crippen molar-refractivity contribution in [3.05, 3.63) is 41.7 Å². The van der Waals surface area contributed by atoms with Crippen molar-refractivity contribution in [1.82, 2.24) is 15.0 Å². The van der Waals surface area contributed by atoms with Gasteiger partial charge >= 0.3 is 0 Å². The van der Waals surface area contributed by atoms with Gasteiger partial charge in [0, 0.05) is 11.4 Å². The van der Waals surface area contributed by atoms with Crippen molar-refractivity contribution in [2.75, 3.05) is 5.88 Å². The van der Waals surface area contributed by atoms with E-state index < -0.39 is 6.43 Å². The highest BCUT2D eigenvalue weighted by molar-refractivity contribution is 6.17. The summed E-state index contributed by atoms with van der Waals surface area (Å²) in [6, 6.07) is 6.13. The predicted molar refractivity (Wildman–Crippen MR) is 65.4 cm³/mol. The number of hydrogen-bond acceptors (Lipinski definition) is 2. The normalized spacial score (nSPS) is 11.1. The van der Waals surface area contributed by atoms with Crippen molar-refractivity contribution in [2.24, 2.45) is 0 Å². The number of rotatable bonds is 5. The maximum Gasteiger partial charge on any atom is 0.263 e. The van der Waals surface area contributed by atoms with Crippen LogP contribution in [0.3, 0.4) is 0 Å². The maximum atomic E-state index is 12.6. The van der Waals surface area contributed by atoms with E-state index >= 15 is 0 Å². The molecule has 0 saturated carbocycles. The summed E-state index contributed by atoms with van der Waals surface area (Å²) in [5.41, 5.74) is 1.43. The third-order valence-corrected chi connectivity index (χ3v) is 2.82. The molecule has 0 radical (unpaired) electrons. The SMILES string of the molecule is FC(F)c1cccc(-n2nncc2CCCCl)c1.